The fraction of sp³-hybridized carbons (Fsp3) is 0.474. The van der Waals surface area contributed by atoms with Gasteiger partial charge in [0, 0.05) is 6.61 Å². The smallest absolute Gasteiger partial charge is 0.221 e. The van der Waals surface area contributed by atoms with Gasteiger partial charge in [0.05, 0.1) is 24.7 Å². The number of hydrogen-bond donors (Lipinski definition) is 1. The number of aryl methyl sites for hydroxylation is 1. The SMILES string of the molecule is Cc1cn(N=Cc2cccc(COCC3CCCCC3)c2)c(N)n1. The van der Waals surface area contributed by atoms with Crippen molar-refractivity contribution in [3.8, 4) is 0 Å². The van der Waals surface area contributed by atoms with Gasteiger partial charge in [-0.3, -0.25) is 0 Å². The van der Waals surface area contributed by atoms with Crippen LogP contribution in [0.25, 0.3) is 0 Å². The number of rotatable bonds is 6. The maximum atomic E-state index is 5.92. The van der Waals surface area contributed by atoms with Gasteiger partial charge in [-0.2, -0.15) is 5.10 Å². The molecular formula is C19H26N4O. The fourth-order valence-corrected chi connectivity index (χ4v) is 3.19. The predicted octanol–water partition coefficient (Wildman–Crippen LogP) is 3.75. The molecule has 0 saturated heterocycles. The molecule has 1 aliphatic rings. The van der Waals surface area contributed by atoms with Gasteiger partial charge < -0.3 is 10.5 Å². The molecule has 5 nitrogen and oxygen atoms in total. The van der Waals surface area contributed by atoms with E-state index in [4.69, 9.17) is 10.5 Å². The summed E-state index contributed by atoms with van der Waals surface area (Å²) in [7, 11) is 0. The summed E-state index contributed by atoms with van der Waals surface area (Å²) in [5.74, 6) is 1.15. The van der Waals surface area contributed by atoms with Gasteiger partial charge in [-0.1, -0.05) is 37.5 Å². The summed E-state index contributed by atoms with van der Waals surface area (Å²) in [6.45, 7) is 3.43. The molecule has 1 fully saturated rings. The van der Waals surface area contributed by atoms with Gasteiger partial charge in [-0.15, -0.1) is 0 Å². The summed E-state index contributed by atoms with van der Waals surface area (Å²) < 4.78 is 7.50. The zero-order valence-electron chi connectivity index (χ0n) is 14.3. The zero-order valence-corrected chi connectivity index (χ0v) is 14.3. The van der Waals surface area contributed by atoms with E-state index in [0.29, 0.717) is 12.6 Å². The van der Waals surface area contributed by atoms with Crippen molar-refractivity contribution in [1.29, 1.82) is 0 Å². The van der Waals surface area contributed by atoms with Crippen molar-refractivity contribution >= 4 is 12.2 Å². The van der Waals surface area contributed by atoms with E-state index in [1.54, 1.807) is 10.9 Å². The Morgan fingerprint density at radius 3 is 2.92 bits per heavy atom. The molecule has 1 heterocycles. The van der Waals surface area contributed by atoms with Gasteiger partial charge in [0.25, 0.3) is 0 Å². The largest absolute Gasteiger partial charge is 0.376 e. The van der Waals surface area contributed by atoms with Crippen LogP contribution in [-0.2, 0) is 11.3 Å². The summed E-state index contributed by atoms with van der Waals surface area (Å²) in [5, 5.41) is 4.36. The molecule has 24 heavy (non-hydrogen) atoms. The Morgan fingerprint density at radius 2 is 2.17 bits per heavy atom. The zero-order chi connectivity index (χ0) is 16.8. The molecule has 0 spiro atoms. The van der Waals surface area contributed by atoms with Crippen LogP contribution in [0.1, 0.15) is 48.9 Å². The molecular weight excluding hydrogens is 300 g/mol. The molecule has 0 unspecified atom stereocenters. The summed E-state index contributed by atoms with van der Waals surface area (Å²) in [5.41, 5.74) is 8.84. The number of anilines is 1. The normalized spacial score (nSPS) is 16.0. The highest BCUT2D eigenvalue weighted by Gasteiger charge is 2.13. The minimum Gasteiger partial charge on any atom is -0.376 e. The number of nitrogens with zero attached hydrogens (tertiary/aromatic N) is 3. The van der Waals surface area contributed by atoms with Gasteiger partial charge in [0.1, 0.15) is 0 Å². The molecule has 1 aliphatic carbocycles. The number of benzene rings is 1. The van der Waals surface area contributed by atoms with Gasteiger partial charge in [0.15, 0.2) is 0 Å². The van der Waals surface area contributed by atoms with E-state index in [1.807, 2.05) is 25.3 Å². The van der Waals surface area contributed by atoms with Crippen LogP contribution in [0, 0.1) is 12.8 Å². The third-order valence-electron chi connectivity index (χ3n) is 4.46. The Bertz CT molecular complexity index is 686. The van der Waals surface area contributed by atoms with Gasteiger partial charge >= 0.3 is 0 Å². The standard InChI is InChI=1S/C19H26N4O/c1-15-12-23(19(20)22-15)21-11-17-8-5-9-18(10-17)14-24-13-16-6-3-2-4-7-16/h5,8-12,16H,2-4,6-7,13-14H2,1H3,(H2,20,22). The predicted molar refractivity (Wildman–Crippen MR) is 97.0 cm³/mol. The minimum absolute atomic E-state index is 0.399. The number of imidazole rings is 1. The summed E-state index contributed by atoms with van der Waals surface area (Å²) >= 11 is 0. The first kappa shape index (κ1) is 16.7. The Balaban J connectivity index is 1.54. The van der Waals surface area contributed by atoms with E-state index < -0.39 is 0 Å². The molecule has 3 rings (SSSR count). The molecule has 128 valence electrons. The third-order valence-corrected chi connectivity index (χ3v) is 4.46. The van der Waals surface area contributed by atoms with Crippen LogP contribution >= 0.6 is 0 Å². The van der Waals surface area contributed by atoms with E-state index in [0.717, 1.165) is 23.8 Å². The first-order chi connectivity index (χ1) is 11.7. The van der Waals surface area contributed by atoms with E-state index >= 15 is 0 Å². The van der Waals surface area contributed by atoms with Crippen molar-refractivity contribution in [2.75, 3.05) is 12.3 Å². The molecule has 5 heteroatoms. The minimum atomic E-state index is 0.399. The second-order valence-electron chi connectivity index (χ2n) is 6.59. The van der Waals surface area contributed by atoms with Crippen LogP contribution in [0.4, 0.5) is 5.95 Å². The first-order valence-corrected chi connectivity index (χ1v) is 8.73. The van der Waals surface area contributed by atoms with Gasteiger partial charge in [-0.25, -0.2) is 9.66 Å². The lowest BCUT2D eigenvalue weighted by Gasteiger charge is -2.21. The van der Waals surface area contributed by atoms with Crippen molar-refractivity contribution in [2.24, 2.45) is 11.0 Å². The highest BCUT2D eigenvalue weighted by Crippen LogP contribution is 2.24. The van der Waals surface area contributed by atoms with Crippen molar-refractivity contribution < 1.29 is 4.74 Å². The molecule has 0 radical (unpaired) electrons. The van der Waals surface area contributed by atoms with Crippen LogP contribution in [0.15, 0.2) is 35.6 Å². The van der Waals surface area contributed by atoms with E-state index in [-0.39, 0.29) is 0 Å². The Kier molecular flexibility index (Phi) is 5.64. The molecule has 1 aromatic heterocycles. The first-order valence-electron chi connectivity index (χ1n) is 8.73. The number of nitrogen functional groups attached to an aromatic ring is 1. The lowest BCUT2D eigenvalue weighted by Crippen LogP contribution is -2.13. The lowest BCUT2D eigenvalue weighted by molar-refractivity contribution is 0.0739. The highest BCUT2D eigenvalue weighted by molar-refractivity contribution is 5.79. The van der Waals surface area contributed by atoms with Crippen LogP contribution in [0.2, 0.25) is 0 Å². The second-order valence-corrected chi connectivity index (χ2v) is 6.59. The number of hydrogen-bond acceptors (Lipinski definition) is 4. The van der Waals surface area contributed by atoms with Crippen LogP contribution in [0.3, 0.4) is 0 Å². The Labute approximate surface area is 143 Å². The number of ether oxygens (including phenoxy) is 1. The molecule has 0 bridgehead atoms. The average molecular weight is 326 g/mol. The Hall–Kier alpha value is -2.14. The topological polar surface area (TPSA) is 65.4 Å². The quantitative estimate of drug-likeness (QED) is 0.822. The lowest BCUT2D eigenvalue weighted by atomic mass is 9.90. The van der Waals surface area contributed by atoms with Crippen molar-refractivity contribution in [2.45, 2.75) is 45.6 Å². The average Bonchev–Trinajstić information content (AvgIpc) is 2.92. The molecule has 2 N–H and O–H groups in total. The summed E-state index contributed by atoms with van der Waals surface area (Å²) in [6, 6.07) is 8.25. The van der Waals surface area contributed by atoms with Crippen LogP contribution in [0.5, 0.6) is 0 Å². The summed E-state index contributed by atoms with van der Waals surface area (Å²) in [6.07, 6.45) is 10.3. The van der Waals surface area contributed by atoms with Crippen LogP contribution in [-0.4, -0.2) is 22.5 Å². The molecule has 0 aliphatic heterocycles. The molecule has 0 amide bonds. The number of nitrogens with two attached hydrogens (primary N) is 1. The van der Waals surface area contributed by atoms with E-state index in [2.05, 4.69) is 22.2 Å². The van der Waals surface area contributed by atoms with Crippen LogP contribution < -0.4 is 5.73 Å². The highest BCUT2D eigenvalue weighted by atomic mass is 16.5. The van der Waals surface area contributed by atoms with Gasteiger partial charge in [0.2, 0.25) is 5.95 Å². The molecule has 0 atom stereocenters. The fourth-order valence-electron chi connectivity index (χ4n) is 3.19. The van der Waals surface area contributed by atoms with Crippen molar-refractivity contribution in [3.63, 3.8) is 0 Å². The third kappa shape index (κ3) is 4.68. The van der Waals surface area contributed by atoms with Crippen molar-refractivity contribution in [3.05, 3.63) is 47.3 Å². The Morgan fingerprint density at radius 1 is 1.33 bits per heavy atom. The maximum Gasteiger partial charge on any atom is 0.221 e. The second kappa shape index (κ2) is 8.11. The monoisotopic (exact) mass is 326 g/mol. The summed E-state index contributed by atoms with van der Waals surface area (Å²) in [4.78, 5) is 4.13. The van der Waals surface area contributed by atoms with E-state index in [9.17, 15) is 0 Å². The number of aromatic nitrogens is 2. The molecule has 1 aromatic carbocycles. The maximum absolute atomic E-state index is 5.92. The van der Waals surface area contributed by atoms with Gasteiger partial charge in [-0.05, 0) is 42.9 Å². The molecule has 1 saturated carbocycles. The van der Waals surface area contributed by atoms with E-state index in [1.165, 1.54) is 37.7 Å². The molecule has 2 aromatic rings. The van der Waals surface area contributed by atoms with Crippen molar-refractivity contribution in [1.82, 2.24) is 9.66 Å².